The molecule has 0 aliphatic rings. The Morgan fingerprint density at radius 3 is 2.57 bits per heavy atom. The van der Waals surface area contributed by atoms with Crippen molar-refractivity contribution in [2.24, 2.45) is 0 Å². The van der Waals surface area contributed by atoms with Gasteiger partial charge in [0, 0.05) is 5.69 Å². The number of sulfonamides is 1. The van der Waals surface area contributed by atoms with Gasteiger partial charge in [0.2, 0.25) is 0 Å². The van der Waals surface area contributed by atoms with Gasteiger partial charge in [-0.1, -0.05) is 6.07 Å². The first kappa shape index (κ1) is 15.4. The third kappa shape index (κ3) is 3.56. The number of aryl methyl sites for hydroxylation is 2. The summed E-state index contributed by atoms with van der Waals surface area (Å²) in [5.74, 6) is -0.759. The number of halogens is 1. The zero-order valence-corrected chi connectivity index (χ0v) is 12.4. The average molecular weight is 310 g/mol. The van der Waals surface area contributed by atoms with Crippen LogP contribution in [-0.2, 0) is 16.6 Å². The fourth-order valence-corrected chi connectivity index (χ4v) is 3.06. The van der Waals surface area contributed by atoms with Crippen molar-refractivity contribution in [1.82, 2.24) is 4.98 Å². The number of nitrogens with one attached hydrogen (secondary N) is 1. The molecule has 1 aromatic carbocycles. The predicted molar refractivity (Wildman–Crippen MR) is 76.8 cm³/mol. The molecule has 0 unspecified atom stereocenters. The number of anilines is 1. The van der Waals surface area contributed by atoms with E-state index in [1.165, 1.54) is 6.07 Å². The van der Waals surface area contributed by atoms with Crippen LogP contribution >= 0.6 is 0 Å². The number of aliphatic hydroxyl groups excluding tert-OH is 1. The van der Waals surface area contributed by atoms with Crippen LogP contribution in [0.5, 0.6) is 0 Å². The van der Waals surface area contributed by atoms with Crippen molar-refractivity contribution in [3.8, 4) is 0 Å². The van der Waals surface area contributed by atoms with E-state index < -0.39 is 20.7 Å². The number of aromatic nitrogens is 1. The van der Waals surface area contributed by atoms with Crippen LogP contribution in [0.25, 0.3) is 0 Å². The van der Waals surface area contributed by atoms with Gasteiger partial charge in [-0.2, -0.15) is 0 Å². The topological polar surface area (TPSA) is 79.3 Å². The molecule has 7 heteroatoms. The number of aliphatic hydroxyl groups is 1. The van der Waals surface area contributed by atoms with Crippen LogP contribution in [0.1, 0.15) is 16.8 Å². The van der Waals surface area contributed by atoms with E-state index in [4.69, 9.17) is 5.11 Å². The van der Waals surface area contributed by atoms with Gasteiger partial charge in [-0.25, -0.2) is 17.8 Å². The van der Waals surface area contributed by atoms with E-state index in [-0.39, 0.29) is 12.4 Å². The number of pyridine rings is 1. The van der Waals surface area contributed by atoms with Crippen molar-refractivity contribution in [1.29, 1.82) is 0 Å². The van der Waals surface area contributed by atoms with Gasteiger partial charge in [-0.3, -0.25) is 4.72 Å². The number of nitrogens with zero attached hydrogens (tertiary/aromatic N) is 1. The Balaban J connectivity index is 2.42. The normalized spacial score (nSPS) is 11.4. The van der Waals surface area contributed by atoms with E-state index in [0.717, 1.165) is 17.7 Å². The van der Waals surface area contributed by atoms with Crippen molar-refractivity contribution >= 4 is 15.8 Å². The fourth-order valence-electron chi connectivity index (χ4n) is 1.94. The van der Waals surface area contributed by atoms with Crippen molar-refractivity contribution < 1.29 is 17.9 Å². The Kier molecular flexibility index (Phi) is 4.24. The van der Waals surface area contributed by atoms with Gasteiger partial charge in [0.25, 0.3) is 10.0 Å². The molecule has 0 amide bonds. The van der Waals surface area contributed by atoms with Gasteiger partial charge in [0.1, 0.15) is 16.5 Å². The Morgan fingerprint density at radius 2 is 1.95 bits per heavy atom. The lowest BCUT2D eigenvalue weighted by Gasteiger charge is -2.10. The maximum Gasteiger partial charge on any atom is 0.265 e. The molecule has 0 fully saturated rings. The highest BCUT2D eigenvalue weighted by Crippen LogP contribution is 2.20. The molecule has 2 rings (SSSR count). The van der Waals surface area contributed by atoms with Crippen LogP contribution in [0.4, 0.5) is 10.2 Å². The quantitative estimate of drug-likeness (QED) is 0.906. The molecule has 0 radical (unpaired) electrons. The Morgan fingerprint density at radius 1 is 1.24 bits per heavy atom. The molecule has 5 nitrogen and oxygen atoms in total. The maximum absolute atomic E-state index is 13.7. The lowest BCUT2D eigenvalue weighted by atomic mass is 10.2. The van der Waals surface area contributed by atoms with Crippen LogP contribution in [0.2, 0.25) is 0 Å². The van der Waals surface area contributed by atoms with Gasteiger partial charge in [-0.05, 0) is 49.2 Å². The minimum atomic E-state index is -4.11. The zero-order valence-electron chi connectivity index (χ0n) is 11.6. The molecule has 112 valence electrons. The lowest BCUT2D eigenvalue weighted by molar-refractivity contribution is 0.281. The number of hydrogen-bond donors (Lipinski definition) is 2. The first-order chi connectivity index (χ1) is 9.81. The maximum atomic E-state index is 13.7. The third-order valence-corrected chi connectivity index (χ3v) is 4.17. The molecule has 0 bridgehead atoms. The van der Waals surface area contributed by atoms with Crippen molar-refractivity contribution in [3.63, 3.8) is 0 Å². The smallest absolute Gasteiger partial charge is 0.265 e. The molecular weight excluding hydrogens is 295 g/mol. The minimum absolute atomic E-state index is 0.126. The predicted octanol–water partition coefficient (Wildman–Crippen LogP) is 2.13. The molecule has 1 heterocycles. The van der Waals surface area contributed by atoms with Gasteiger partial charge < -0.3 is 5.11 Å². The summed E-state index contributed by atoms with van der Waals surface area (Å²) >= 11 is 0. The molecule has 0 spiro atoms. The van der Waals surface area contributed by atoms with Gasteiger partial charge >= 0.3 is 0 Å². The first-order valence-electron chi connectivity index (χ1n) is 6.19. The lowest BCUT2D eigenvalue weighted by Crippen LogP contribution is -2.16. The first-order valence-corrected chi connectivity index (χ1v) is 7.67. The van der Waals surface area contributed by atoms with Crippen molar-refractivity contribution in [2.45, 2.75) is 25.3 Å². The molecule has 0 aliphatic heterocycles. The zero-order chi connectivity index (χ0) is 15.6. The molecule has 0 saturated carbocycles. The second kappa shape index (κ2) is 5.79. The summed E-state index contributed by atoms with van der Waals surface area (Å²) in [5, 5.41) is 9.03. The monoisotopic (exact) mass is 310 g/mol. The standard InChI is InChI=1S/C14H15FN2O3S/c1-9-5-10(2)16-14(6-9)17-21(19,20)13-7-11(8-18)3-4-12(13)15/h3-7,18H,8H2,1-2H3,(H,16,17). The summed E-state index contributed by atoms with van der Waals surface area (Å²) in [4.78, 5) is 3.54. The van der Waals surface area contributed by atoms with Crippen molar-refractivity contribution in [2.75, 3.05) is 4.72 Å². The molecular formula is C14H15FN2O3S. The molecule has 0 aliphatic carbocycles. The summed E-state index contributed by atoms with van der Waals surface area (Å²) in [6.07, 6.45) is 0. The highest BCUT2D eigenvalue weighted by molar-refractivity contribution is 7.92. The second-order valence-electron chi connectivity index (χ2n) is 4.70. The van der Waals surface area contributed by atoms with E-state index in [9.17, 15) is 12.8 Å². The molecule has 21 heavy (non-hydrogen) atoms. The molecule has 2 N–H and O–H groups in total. The number of hydrogen-bond acceptors (Lipinski definition) is 4. The van der Waals surface area contributed by atoms with Crippen LogP contribution in [0.15, 0.2) is 35.2 Å². The highest BCUT2D eigenvalue weighted by Gasteiger charge is 2.20. The van der Waals surface area contributed by atoms with Crippen LogP contribution < -0.4 is 4.72 Å². The summed E-state index contributed by atoms with van der Waals surface area (Å²) in [6, 6.07) is 6.78. The van der Waals surface area contributed by atoms with E-state index in [0.29, 0.717) is 11.3 Å². The summed E-state index contributed by atoms with van der Waals surface area (Å²) < 4.78 is 40.5. The minimum Gasteiger partial charge on any atom is -0.392 e. The van der Waals surface area contributed by atoms with Gasteiger partial charge in [-0.15, -0.1) is 0 Å². The largest absolute Gasteiger partial charge is 0.392 e. The van der Waals surface area contributed by atoms with Crippen LogP contribution in [0, 0.1) is 19.7 Å². The number of rotatable bonds is 4. The molecule has 1 aromatic heterocycles. The average Bonchev–Trinajstić information content (AvgIpc) is 2.37. The Hall–Kier alpha value is -1.99. The van der Waals surface area contributed by atoms with E-state index >= 15 is 0 Å². The van der Waals surface area contributed by atoms with Gasteiger partial charge in [0.05, 0.1) is 6.61 Å². The van der Waals surface area contributed by atoms with Gasteiger partial charge in [0.15, 0.2) is 0 Å². The molecule has 0 atom stereocenters. The van der Waals surface area contributed by atoms with Crippen molar-refractivity contribution in [3.05, 3.63) is 53.0 Å². The Bertz CT molecular complexity index is 756. The van der Waals surface area contributed by atoms with Crippen LogP contribution in [0.3, 0.4) is 0 Å². The number of benzene rings is 1. The highest BCUT2D eigenvalue weighted by atomic mass is 32.2. The SMILES string of the molecule is Cc1cc(C)nc(NS(=O)(=O)c2cc(CO)ccc2F)c1. The second-order valence-corrected chi connectivity index (χ2v) is 6.35. The summed E-state index contributed by atoms with van der Waals surface area (Å²) in [6.45, 7) is 3.17. The fraction of sp³-hybridized carbons (Fsp3) is 0.214. The van der Waals surface area contributed by atoms with E-state index in [2.05, 4.69) is 9.71 Å². The third-order valence-electron chi connectivity index (χ3n) is 2.80. The van der Waals surface area contributed by atoms with E-state index in [1.54, 1.807) is 26.0 Å². The van der Waals surface area contributed by atoms with Crippen LogP contribution in [-0.4, -0.2) is 18.5 Å². The molecule has 2 aromatic rings. The molecule has 0 saturated heterocycles. The summed E-state index contributed by atoms with van der Waals surface area (Å²) in [5.41, 5.74) is 1.80. The van der Waals surface area contributed by atoms with E-state index in [1.807, 2.05) is 0 Å². The Labute approximate surface area is 122 Å². The summed E-state index contributed by atoms with van der Waals surface area (Å²) in [7, 11) is -4.11.